The molecule has 2 aliphatic heterocycles. The molecule has 0 radical (unpaired) electrons. The molecule has 3 atom stereocenters. The number of ether oxygens (including phenoxy) is 2. The van der Waals surface area contributed by atoms with Gasteiger partial charge in [-0.3, -0.25) is 0 Å². The third-order valence-corrected chi connectivity index (χ3v) is 7.85. The number of pyridine rings is 1. The maximum absolute atomic E-state index is 13.1. The summed E-state index contributed by atoms with van der Waals surface area (Å²) in [5.74, 6) is 0.326. The molecule has 6 rings (SSSR count). The van der Waals surface area contributed by atoms with Gasteiger partial charge in [0.2, 0.25) is 0 Å². The zero-order chi connectivity index (χ0) is 27.3. The summed E-state index contributed by atoms with van der Waals surface area (Å²) < 4.78 is 55.5. The summed E-state index contributed by atoms with van der Waals surface area (Å²) in [5.41, 5.74) is 1.88. The maximum Gasteiger partial charge on any atom is 0.573 e. The van der Waals surface area contributed by atoms with Crippen molar-refractivity contribution in [1.29, 1.82) is 0 Å². The Labute approximate surface area is 222 Å². The van der Waals surface area contributed by atoms with Crippen molar-refractivity contribution < 1.29 is 37.1 Å². The van der Waals surface area contributed by atoms with Crippen LogP contribution in [0.1, 0.15) is 71.8 Å². The zero-order valence-electron chi connectivity index (χ0n) is 21.3. The van der Waals surface area contributed by atoms with Gasteiger partial charge < -0.3 is 24.0 Å². The predicted molar refractivity (Wildman–Crippen MR) is 134 cm³/mol. The number of aryl methyl sites for hydroxylation is 1. The first-order chi connectivity index (χ1) is 18.7. The lowest BCUT2D eigenvalue weighted by atomic mass is 9.99. The van der Waals surface area contributed by atoms with Crippen molar-refractivity contribution in [3.05, 3.63) is 59.0 Å². The molecule has 0 spiro atoms. The van der Waals surface area contributed by atoms with E-state index in [1.165, 1.54) is 12.1 Å². The van der Waals surface area contributed by atoms with E-state index in [-0.39, 0.29) is 47.6 Å². The van der Waals surface area contributed by atoms with Gasteiger partial charge in [0.05, 0.1) is 24.0 Å². The van der Waals surface area contributed by atoms with E-state index in [0.29, 0.717) is 22.7 Å². The first-order valence-corrected chi connectivity index (χ1v) is 13.1. The Morgan fingerprint density at radius 3 is 2.46 bits per heavy atom. The molecule has 1 aromatic carbocycles. The molecule has 1 N–H and O–H groups in total. The molecule has 2 saturated heterocycles. The van der Waals surface area contributed by atoms with Crippen LogP contribution in [0.4, 0.5) is 19.0 Å². The normalized spacial score (nSPS) is 22.8. The Balaban J connectivity index is 1.20. The van der Waals surface area contributed by atoms with Crippen LogP contribution >= 0.6 is 0 Å². The average molecular weight is 544 g/mol. The summed E-state index contributed by atoms with van der Waals surface area (Å²) in [4.78, 5) is 18.2. The molecular formula is C28H28F3N3O5. The minimum atomic E-state index is -4.83. The number of nitrogens with zero attached hydrogens (tertiary/aromatic N) is 3. The van der Waals surface area contributed by atoms with E-state index < -0.39 is 12.3 Å². The van der Waals surface area contributed by atoms with E-state index in [1.54, 1.807) is 31.2 Å². The van der Waals surface area contributed by atoms with Crippen LogP contribution in [0.25, 0.3) is 11.3 Å². The van der Waals surface area contributed by atoms with Crippen LogP contribution in [0.5, 0.6) is 5.75 Å². The number of halogens is 3. The summed E-state index contributed by atoms with van der Waals surface area (Å²) in [6.45, 7) is 1.89. The van der Waals surface area contributed by atoms with E-state index in [0.717, 1.165) is 44.3 Å². The lowest BCUT2D eigenvalue weighted by Gasteiger charge is -2.39. The maximum atomic E-state index is 13.1. The molecule has 2 aromatic heterocycles. The largest absolute Gasteiger partial charge is 0.573 e. The Hall–Kier alpha value is -3.60. The van der Waals surface area contributed by atoms with Crippen LogP contribution in [0, 0.1) is 6.92 Å². The number of aromatic carboxylic acids is 1. The Morgan fingerprint density at radius 2 is 1.82 bits per heavy atom. The Morgan fingerprint density at radius 1 is 1.10 bits per heavy atom. The van der Waals surface area contributed by atoms with E-state index in [1.807, 2.05) is 0 Å². The van der Waals surface area contributed by atoms with Crippen molar-refractivity contribution in [3.8, 4) is 17.0 Å². The van der Waals surface area contributed by atoms with Gasteiger partial charge in [0, 0.05) is 29.1 Å². The highest BCUT2D eigenvalue weighted by atomic mass is 19.4. The molecule has 1 unspecified atom stereocenters. The summed E-state index contributed by atoms with van der Waals surface area (Å²) in [5, 5.41) is 13.5. The van der Waals surface area contributed by atoms with Gasteiger partial charge in [-0.2, -0.15) is 0 Å². The number of hydrogen-bond acceptors (Lipinski definition) is 7. The highest BCUT2D eigenvalue weighted by Gasteiger charge is 2.42. The highest BCUT2D eigenvalue weighted by Crippen LogP contribution is 2.46. The van der Waals surface area contributed by atoms with Crippen molar-refractivity contribution in [2.24, 2.45) is 0 Å². The molecular weight excluding hydrogens is 515 g/mol. The lowest BCUT2D eigenvalue weighted by molar-refractivity contribution is -0.274. The minimum Gasteiger partial charge on any atom is -0.478 e. The fourth-order valence-corrected chi connectivity index (χ4v) is 5.97. The van der Waals surface area contributed by atoms with Crippen molar-refractivity contribution in [2.45, 2.75) is 82.5 Å². The number of fused-ring (bicyclic) bond motifs is 2. The van der Waals surface area contributed by atoms with Crippen LogP contribution in [-0.4, -0.2) is 45.8 Å². The number of rotatable bonds is 8. The third kappa shape index (κ3) is 5.19. The second-order valence-electron chi connectivity index (χ2n) is 10.5. The fourth-order valence-electron chi connectivity index (χ4n) is 5.97. The Kier molecular flexibility index (Phi) is 6.49. The van der Waals surface area contributed by atoms with E-state index in [4.69, 9.17) is 9.26 Å². The number of piperidine rings is 1. The van der Waals surface area contributed by atoms with Crippen LogP contribution in [0.3, 0.4) is 0 Å². The number of benzene rings is 1. The molecule has 2 bridgehead atoms. The van der Waals surface area contributed by atoms with Crippen LogP contribution in [-0.2, 0) is 11.3 Å². The number of carboxylic acids is 1. The van der Waals surface area contributed by atoms with Crippen molar-refractivity contribution in [3.63, 3.8) is 0 Å². The molecule has 11 heteroatoms. The topological polar surface area (TPSA) is 97.9 Å². The summed E-state index contributed by atoms with van der Waals surface area (Å²) >= 11 is 0. The first-order valence-electron chi connectivity index (χ1n) is 13.1. The van der Waals surface area contributed by atoms with Gasteiger partial charge in [-0.1, -0.05) is 17.3 Å². The number of alkyl halides is 3. The Bertz CT molecular complexity index is 1370. The second-order valence-corrected chi connectivity index (χ2v) is 10.5. The van der Waals surface area contributed by atoms with Crippen molar-refractivity contribution in [1.82, 2.24) is 10.1 Å². The number of hydrogen-bond donors (Lipinski definition) is 1. The van der Waals surface area contributed by atoms with Gasteiger partial charge >= 0.3 is 12.3 Å². The highest BCUT2D eigenvalue weighted by molar-refractivity contribution is 5.89. The molecule has 1 saturated carbocycles. The van der Waals surface area contributed by atoms with E-state index in [2.05, 4.69) is 19.8 Å². The minimum absolute atomic E-state index is 0.0467. The molecule has 8 nitrogen and oxygen atoms in total. The summed E-state index contributed by atoms with van der Waals surface area (Å²) in [7, 11) is 0. The fraction of sp³-hybridized carbons (Fsp3) is 0.464. The number of carboxylic acid groups (broad SMARTS) is 1. The monoisotopic (exact) mass is 543 g/mol. The van der Waals surface area contributed by atoms with E-state index >= 15 is 0 Å². The zero-order valence-corrected chi connectivity index (χ0v) is 21.3. The lowest BCUT2D eigenvalue weighted by Crippen LogP contribution is -2.46. The first kappa shape index (κ1) is 25.7. The molecule has 39 heavy (non-hydrogen) atoms. The van der Waals surface area contributed by atoms with Gasteiger partial charge in [-0.25, -0.2) is 9.78 Å². The van der Waals surface area contributed by atoms with Gasteiger partial charge in [0.15, 0.2) is 0 Å². The predicted octanol–water partition coefficient (Wildman–Crippen LogP) is 6.24. The molecule has 3 aromatic rings. The number of carbonyl (C=O) groups is 1. The molecule has 0 amide bonds. The molecule has 3 aliphatic rings. The molecule has 4 heterocycles. The standard InChI is InChI=1S/C28H28F3N3O5/c1-15-20(27(35)36)10-11-24(32-15)34-17-8-9-18(34)13-19(12-17)37-14-22-25(33-39-26(22)16-6-7-16)21-4-2-3-5-23(21)38-28(29,30)31/h2-5,10-11,16-19H,6-9,12-14H2,1H3,(H,35,36)/t17-,18+,19?. The molecule has 1 aliphatic carbocycles. The van der Waals surface area contributed by atoms with Crippen molar-refractivity contribution >= 4 is 11.8 Å². The molecule has 3 fully saturated rings. The van der Waals surface area contributed by atoms with Crippen LogP contribution in [0.15, 0.2) is 40.9 Å². The van der Waals surface area contributed by atoms with Crippen molar-refractivity contribution in [2.75, 3.05) is 4.90 Å². The van der Waals surface area contributed by atoms with Gasteiger partial charge in [-0.15, -0.1) is 13.2 Å². The van der Waals surface area contributed by atoms with E-state index in [9.17, 15) is 23.1 Å². The summed E-state index contributed by atoms with van der Waals surface area (Å²) in [6.07, 6.45) is 0.519. The smallest absolute Gasteiger partial charge is 0.478 e. The summed E-state index contributed by atoms with van der Waals surface area (Å²) in [6, 6.07) is 9.74. The van der Waals surface area contributed by atoms with Crippen LogP contribution < -0.4 is 9.64 Å². The molecule has 206 valence electrons. The average Bonchev–Trinajstić information content (AvgIpc) is 3.58. The third-order valence-electron chi connectivity index (χ3n) is 7.85. The SMILES string of the molecule is Cc1nc(N2[C@@H]3CC[C@H]2CC(OCc2c(-c4ccccc4OC(F)(F)F)noc2C2CC2)C3)ccc1C(=O)O. The second kappa shape index (κ2) is 9.86. The number of aromatic nitrogens is 2. The van der Waals surface area contributed by atoms with Gasteiger partial charge in [0.25, 0.3) is 0 Å². The number of para-hydroxylation sites is 1. The van der Waals surface area contributed by atoms with Gasteiger partial charge in [-0.05, 0) is 69.7 Å². The number of anilines is 1. The van der Waals surface area contributed by atoms with Gasteiger partial charge in [0.1, 0.15) is 23.0 Å². The quantitative estimate of drug-likeness (QED) is 0.357. The van der Waals surface area contributed by atoms with Crippen LogP contribution in [0.2, 0.25) is 0 Å².